The Kier molecular flexibility index (Phi) is 5.80. The topological polar surface area (TPSA) is 103 Å². The molecule has 1 fully saturated rings. The van der Waals surface area contributed by atoms with E-state index >= 15 is 0 Å². The van der Waals surface area contributed by atoms with Crippen molar-refractivity contribution in [3.05, 3.63) is 35.5 Å². The summed E-state index contributed by atoms with van der Waals surface area (Å²) < 4.78 is 7.55. The van der Waals surface area contributed by atoms with Crippen molar-refractivity contribution in [3.8, 4) is 5.75 Å². The number of nitrogens with one attached hydrogen (secondary N) is 2. The van der Waals surface area contributed by atoms with Crippen LogP contribution in [0.4, 0.5) is 11.8 Å². The molecule has 1 unspecified atom stereocenters. The summed E-state index contributed by atoms with van der Waals surface area (Å²) >= 11 is 0. The van der Waals surface area contributed by atoms with Crippen LogP contribution in [0.2, 0.25) is 0 Å². The second kappa shape index (κ2) is 8.65. The van der Waals surface area contributed by atoms with Gasteiger partial charge in [0, 0.05) is 18.7 Å². The highest BCUT2D eigenvalue weighted by Gasteiger charge is 2.18. The summed E-state index contributed by atoms with van der Waals surface area (Å²) in [7, 11) is 1.72. The van der Waals surface area contributed by atoms with Gasteiger partial charge in [0.2, 0.25) is 5.95 Å². The average molecular weight is 396 g/mol. The molecular formula is C21H29N7O. The van der Waals surface area contributed by atoms with Gasteiger partial charge in [0.1, 0.15) is 11.3 Å². The highest BCUT2D eigenvalue weighted by Crippen LogP contribution is 2.29. The minimum Gasteiger partial charge on any atom is -0.496 e. The minimum absolute atomic E-state index is 0.253. The predicted molar refractivity (Wildman–Crippen MR) is 115 cm³/mol. The van der Waals surface area contributed by atoms with Gasteiger partial charge in [0.25, 0.3) is 0 Å². The molecule has 0 spiro atoms. The van der Waals surface area contributed by atoms with Crippen LogP contribution in [0.5, 0.6) is 5.75 Å². The first kappa shape index (κ1) is 19.4. The van der Waals surface area contributed by atoms with E-state index in [1.54, 1.807) is 7.11 Å². The Hall–Kier alpha value is -2.87. The zero-order valence-electron chi connectivity index (χ0n) is 17.1. The highest BCUT2D eigenvalue weighted by molar-refractivity contribution is 5.85. The number of nitrogens with two attached hydrogens (primary N) is 1. The fourth-order valence-electron chi connectivity index (χ4n) is 3.82. The fourth-order valence-corrected chi connectivity index (χ4v) is 3.82. The molecule has 2 aromatic heterocycles. The van der Waals surface area contributed by atoms with Gasteiger partial charge in [-0.3, -0.25) is 4.68 Å². The summed E-state index contributed by atoms with van der Waals surface area (Å²) in [6.07, 6.45) is 5.25. The lowest BCUT2D eigenvalue weighted by molar-refractivity contribution is 0.406. The van der Waals surface area contributed by atoms with Crippen molar-refractivity contribution >= 4 is 22.8 Å². The standard InChI is InChI=1S/C21H29N7O/c1-3-4-8-24-20-19-17(25-21(22)26-20)13-28(27-19)12-16-6-5-14(10-18(16)29-2)15-7-9-23-11-15/h5-6,10,13,15,23H,3-4,7-9,11-12H2,1-2H3,(H3,22,24,25,26). The van der Waals surface area contributed by atoms with Crippen LogP contribution in [0, 0.1) is 0 Å². The molecule has 8 nitrogen and oxygen atoms in total. The molecule has 0 bridgehead atoms. The van der Waals surface area contributed by atoms with E-state index in [0.29, 0.717) is 18.3 Å². The van der Waals surface area contributed by atoms with Gasteiger partial charge >= 0.3 is 0 Å². The highest BCUT2D eigenvalue weighted by atomic mass is 16.5. The predicted octanol–water partition coefficient (Wildman–Crippen LogP) is 2.75. The number of aromatic nitrogens is 4. The second-order valence-corrected chi connectivity index (χ2v) is 7.53. The van der Waals surface area contributed by atoms with Crippen molar-refractivity contribution in [2.45, 2.75) is 38.6 Å². The summed E-state index contributed by atoms with van der Waals surface area (Å²) in [5.74, 6) is 2.39. The number of rotatable bonds is 8. The fraction of sp³-hybridized carbons (Fsp3) is 0.476. The molecule has 0 radical (unpaired) electrons. The van der Waals surface area contributed by atoms with E-state index < -0.39 is 0 Å². The number of hydrogen-bond donors (Lipinski definition) is 3. The van der Waals surface area contributed by atoms with Crippen LogP contribution >= 0.6 is 0 Å². The first-order chi connectivity index (χ1) is 14.2. The lowest BCUT2D eigenvalue weighted by Crippen LogP contribution is -2.09. The van der Waals surface area contributed by atoms with E-state index in [4.69, 9.17) is 15.6 Å². The summed E-state index contributed by atoms with van der Waals surface area (Å²) in [6, 6.07) is 6.50. The number of fused-ring (bicyclic) bond motifs is 1. The third-order valence-electron chi connectivity index (χ3n) is 5.43. The summed E-state index contributed by atoms with van der Waals surface area (Å²) in [6.45, 7) is 5.69. The Bertz CT molecular complexity index is 979. The molecule has 1 saturated heterocycles. The number of methoxy groups -OCH3 is 1. The van der Waals surface area contributed by atoms with E-state index in [-0.39, 0.29) is 5.95 Å². The quantitative estimate of drug-likeness (QED) is 0.504. The van der Waals surface area contributed by atoms with E-state index in [2.05, 4.69) is 45.7 Å². The summed E-state index contributed by atoms with van der Waals surface area (Å²) in [5.41, 5.74) is 9.77. The SMILES string of the molecule is CCCCNc1nc(N)nc2cn(Cc3ccc(C4CCNC4)cc3OC)nc12. The van der Waals surface area contributed by atoms with Gasteiger partial charge in [-0.1, -0.05) is 25.5 Å². The van der Waals surface area contributed by atoms with E-state index in [0.717, 1.165) is 54.8 Å². The van der Waals surface area contributed by atoms with E-state index in [1.807, 2.05) is 10.9 Å². The van der Waals surface area contributed by atoms with Gasteiger partial charge < -0.3 is 21.1 Å². The third-order valence-corrected chi connectivity index (χ3v) is 5.43. The summed E-state index contributed by atoms with van der Waals surface area (Å²) in [4.78, 5) is 8.67. The molecule has 29 heavy (non-hydrogen) atoms. The molecule has 154 valence electrons. The third kappa shape index (κ3) is 4.27. The van der Waals surface area contributed by atoms with Crippen molar-refractivity contribution in [1.82, 2.24) is 25.1 Å². The van der Waals surface area contributed by atoms with Crippen molar-refractivity contribution < 1.29 is 4.74 Å². The molecule has 3 heterocycles. The van der Waals surface area contributed by atoms with Crippen LogP contribution in [-0.2, 0) is 6.54 Å². The van der Waals surface area contributed by atoms with E-state index in [1.165, 1.54) is 12.0 Å². The molecule has 4 N–H and O–H groups in total. The Morgan fingerprint density at radius 1 is 1.34 bits per heavy atom. The molecule has 0 aliphatic carbocycles. The monoisotopic (exact) mass is 395 g/mol. The smallest absolute Gasteiger partial charge is 0.222 e. The Balaban J connectivity index is 1.59. The maximum absolute atomic E-state index is 5.89. The van der Waals surface area contributed by atoms with Gasteiger partial charge in [0.05, 0.1) is 19.9 Å². The number of hydrogen-bond acceptors (Lipinski definition) is 7. The molecule has 0 amide bonds. The lowest BCUT2D eigenvalue weighted by Gasteiger charge is -2.14. The number of nitrogen functional groups attached to an aromatic ring is 1. The largest absolute Gasteiger partial charge is 0.496 e. The van der Waals surface area contributed by atoms with Crippen LogP contribution in [0.3, 0.4) is 0 Å². The molecule has 1 atom stereocenters. The Morgan fingerprint density at radius 2 is 2.24 bits per heavy atom. The number of unbranched alkanes of at least 4 members (excludes halogenated alkanes) is 1. The van der Waals surface area contributed by atoms with Crippen LogP contribution in [0.25, 0.3) is 11.0 Å². The number of benzene rings is 1. The summed E-state index contributed by atoms with van der Waals surface area (Å²) in [5, 5.41) is 11.5. The zero-order chi connectivity index (χ0) is 20.2. The van der Waals surface area contributed by atoms with E-state index in [9.17, 15) is 0 Å². The number of anilines is 2. The number of ether oxygens (including phenoxy) is 1. The van der Waals surface area contributed by atoms with Crippen molar-refractivity contribution in [2.24, 2.45) is 0 Å². The maximum Gasteiger partial charge on any atom is 0.222 e. The first-order valence-electron chi connectivity index (χ1n) is 10.3. The molecule has 0 saturated carbocycles. The molecule has 1 aliphatic heterocycles. The van der Waals surface area contributed by atoms with Crippen LogP contribution in [0.1, 0.15) is 43.2 Å². The molecule has 8 heteroatoms. The molecular weight excluding hydrogens is 366 g/mol. The van der Waals surface area contributed by atoms with Gasteiger partial charge in [0.15, 0.2) is 11.3 Å². The first-order valence-corrected chi connectivity index (χ1v) is 10.3. The van der Waals surface area contributed by atoms with Crippen molar-refractivity contribution in [3.63, 3.8) is 0 Å². The van der Waals surface area contributed by atoms with Crippen LogP contribution < -0.4 is 21.1 Å². The molecule has 4 rings (SSSR count). The maximum atomic E-state index is 5.89. The van der Waals surface area contributed by atoms with Gasteiger partial charge in [-0.2, -0.15) is 10.1 Å². The minimum atomic E-state index is 0.253. The van der Waals surface area contributed by atoms with Gasteiger partial charge in [-0.25, -0.2) is 4.98 Å². The lowest BCUT2D eigenvalue weighted by atomic mass is 9.97. The zero-order valence-corrected chi connectivity index (χ0v) is 17.1. The van der Waals surface area contributed by atoms with Crippen molar-refractivity contribution in [1.29, 1.82) is 0 Å². The van der Waals surface area contributed by atoms with Crippen LogP contribution in [0.15, 0.2) is 24.4 Å². The van der Waals surface area contributed by atoms with Gasteiger partial charge in [-0.15, -0.1) is 0 Å². The normalized spacial score (nSPS) is 16.4. The Labute approximate surface area is 170 Å². The second-order valence-electron chi connectivity index (χ2n) is 7.53. The number of nitrogens with zero attached hydrogens (tertiary/aromatic N) is 4. The average Bonchev–Trinajstić information content (AvgIpc) is 3.38. The Morgan fingerprint density at radius 3 is 3.00 bits per heavy atom. The van der Waals surface area contributed by atoms with Crippen LogP contribution in [-0.4, -0.2) is 46.5 Å². The van der Waals surface area contributed by atoms with Crippen molar-refractivity contribution in [2.75, 3.05) is 37.8 Å². The molecule has 1 aromatic carbocycles. The molecule has 3 aromatic rings. The van der Waals surface area contributed by atoms with Gasteiger partial charge in [-0.05, 0) is 36.9 Å². The molecule has 1 aliphatic rings.